The lowest BCUT2D eigenvalue weighted by Crippen LogP contribution is -2.40. The molecule has 7 nitrogen and oxygen atoms in total. The molecule has 2 amide bonds. The number of carbonyl (C=O) groups excluding carboxylic acids is 2. The lowest BCUT2D eigenvalue weighted by atomic mass is 9.88. The number of halogens is 1. The number of aromatic nitrogens is 2. The predicted octanol–water partition coefficient (Wildman–Crippen LogP) is 7.34. The number of rotatable bonds is 6. The number of piperidine rings is 1. The van der Waals surface area contributed by atoms with Crippen molar-refractivity contribution in [1.29, 1.82) is 0 Å². The first-order valence-corrected chi connectivity index (χ1v) is 14.5. The summed E-state index contributed by atoms with van der Waals surface area (Å²) in [5.74, 6) is -0.459. The molecule has 1 aliphatic rings. The van der Waals surface area contributed by atoms with Crippen molar-refractivity contribution in [2.24, 2.45) is 0 Å². The number of ether oxygens (including phenoxy) is 1. The molecule has 3 aromatic carbocycles. The van der Waals surface area contributed by atoms with Crippen molar-refractivity contribution in [3.63, 3.8) is 0 Å². The summed E-state index contributed by atoms with van der Waals surface area (Å²) < 4.78 is 21.1. The lowest BCUT2D eigenvalue weighted by molar-refractivity contribution is 0.0236. The number of nitrogens with one attached hydrogen (secondary N) is 1. The first-order chi connectivity index (χ1) is 20.6. The van der Waals surface area contributed by atoms with Crippen LogP contribution in [-0.2, 0) is 4.74 Å². The topological polar surface area (TPSA) is 76.5 Å². The van der Waals surface area contributed by atoms with Crippen molar-refractivity contribution in [3.05, 3.63) is 125 Å². The van der Waals surface area contributed by atoms with Crippen molar-refractivity contribution >= 4 is 17.6 Å². The van der Waals surface area contributed by atoms with E-state index in [9.17, 15) is 14.0 Å². The third-order valence-electron chi connectivity index (χ3n) is 7.43. The van der Waals surface area contributed by atoms with Gasteiger partial charge >= 0.3 is 6.09 Å². The molecule has 0 bridgehead atoms. The van der Waals surface area contributed by atoms with Crippen LogP contribution in [0.1, 0.15) is 73.6 Å². The van der Waals surface area contributed by atoms with E-state index in [0.717, 1.165) is 28.0 Å². The van der Waals surface area contributed by atoms with Gasteiger partial charge in [0.1, 0.15) is 11.4 Å². The van der Waals surface area contributed by atoms with Crippen molar-refractivity contribution in [3.8, 4) is 5.69 Å². The van der Waals surface area contributed by atoms with Crippen LogP contribution in [0, 0.1) is 5.82 Å². The molecule has 2 heterocycles. The van der Waals surface area contributed by atoms with Crippen LogP contribution >= 0.6 is 0 Å². The number of hydrogen-bond donors (Lipinski definition) is 1. The third-order valence-corrected chi connectivity index (χ3v) is 7.43. The minimum Gasteiger partial charge on any atom is -0.444 e. The van der Waals surface area contributed by atoms with Gasteiger partial charge in [0.25, 0.3) is 5.91 Å². The predicted molar refractivity (Wildman–Crippen MR) is 165 cm³/mol. The van der Waals surface area contributed by atoms with Gasteiger partial charge in [-0.25, -0.2) is 13.9 Å². The van der Waals surface area contributed by atoms with Crippen LogP contribution in [0.4, 0.5) is 9.18 Å². The molecule has 0 spiro atoms. The smallest absolute Gasteiger partial charge is 0.410 e. The second-order valence-electron chi connectivity index (χ2n) is 11.8. The molecule has 8 heteroatoms. The maximum Gasteiger partial charge on any atom is 0.410 e. The highest BCUT2D eigenvalue weighted by Crippen LogP contribution is 2.33. The first-order valence-electron chi connectivity index (χ1n) is 14.5. The van der Waals surface area contributed by atoms with Gasteiger partial charge in [-0.1, -0.05) is 48.0 Å². The average Bonchev–Trinajstić information content (AvgIpc) is 3.54. The quantitative estimate of drug-likeness (QED) is 0.259. The van der Waals surface area contributed by atoms with Gasteiger partial charge in [0.05, 0.1) is 11.7 Å². The van der Waals surface area contributed by atoms with Crippen LogP contribution in [0.5, 0.6) is 0 Å². The van der Waals surface area contributed by atoms with Crippen LogP contribution in [0.25, 0.3) is 11.3 Å². The lowest BCUT2D eigenvalue weighted by Gasteiger charge is -2.32. The van der Waals surface area contributed by atoms with E-state index >= 15 is 0 Å². The highest BCUT2D eigenvalue weighted by atomic mass is 19.1. The Morgan fingerprint density at radius 1 is 0.907 bits per heavy atom. The van der Waals surface area contributed by atoms with Crippen LogP contribution in [0.3, 0.4) is 0 Å². The third kappa shape index (κ3) is 7.38. The molecule has 1 N–H and O–H groups in total. The SMILES string of the molecule is C[C@@H](NC(=O)c1cccc(-n2cccn2)c1)c1ccc(C(=C2CCN(C(=O)OC(C)(C)C)CC2)c2ccc(F)cc2)cc1. The first kappa shape index (κ1) is 29.8. The molecule has 1 fully saturated rings. The molecule has 0 radical (unpaired) electrons. The Bertz CT molecular complexity index is 1590. The number of hydrogen-bond acceptors (Lipinski definition) is 4. The normalized spacial score (nSPS) is 14.3. The van der Waals surface area contributed by atoms with E-state index < -0.39 is 5.60 Å². The fraction of sp³-hybridized carbons (Fsp3) is 0.286. The molecule has 4 aromatic rings. The van der Waals surface area contributed by atoms with Crippen LogP contribution in [0.15, 0.2) is 96.8 Å². The van der Waals surface area contributed by atoms with Crippen molar-refractivity contribution < 1.29 is 18.7 Å². The van der Waals surface area contributed by atoms with Gasteiger partial charge < -0.3 is 15.0 Å². The van der Waals surface area contributed by atoms with Gasteiger partial charge in [-0.05, 0) is 99.2 Å². The van der Waals surface area contributed by atoms with Crippen molar-refractivity contribution in [2.75, 3.05) is 13.1 Å². The Kier molecular flexibility index (Phi) is 8.76. The molecule has 43 heavy (non-hydrogen) atoms. The largest absolute Gasteiger partial charge is 0.444 e. The van der Waals surface area contributed by atoms with Gasteiger partial charge in [-0.2, -0.15) is 5.10 Å². The van der Waals surface area contributed by atoms with Crippen molar-refractivity contribution in [1.82, 2.24) is 20.0 Å². The zero-order valence-corrected chi connectivity index (χ0v) is 25.0. The Hall–Kier alpha value is -4.72. The van der Waals surface area contributed by atoms with E-state index in [2.05, 4.69) is 10.4 Å². The standard InChI is InChI=1S/C35H37FN4O3/c1-24(38-33(41)29-7-5-8-31(23-29)40-20-6-19-37-40)25-9-11-26(12-10-25)32(27-13-15-30(36)16-14-27)28-17-21-39(22-18-28)34(42)43-35(2,3)4/h5-16,19-20,23-24H,17-18,21-22H2,1-4H3,(H,38,41)/t24-/m1/s1. The number of benzene rings is 3. The number of likely N-dealkylation sites (tertiary alicyclic amines) is 1. The molecule has 1 aromatic heterocycles. The maximum absolute atomic E-state index is 13.8. The van der Waals surface area contributed by atoms with Crippen molar-refractivity contribution in [2.45, 2.75) is 52.2 Å². The van der Waals surface area contributed by atoms with E-state index in [1.54, 1.807) is 34.0 Å². The Morgan fingerprint density at radius 3 is 2.16 bits per heavy atom. The number of amides is 2. The molecule has 0 aliphatic carbocycles. The summed E-state index contributed by atoms with van der Waals surface area (Å²) in [5, 5.41) is 7.34. The van der Waals surface area contributed by atoms with E-state index in [-0.39, 0.29) is 23.9 Å². The zero-order chi connectivity index (χ0) is 30.6. The summed E-state index contributed by atoms with van der Waals surface area (Å²) in [6.07, 6.45) is 4.61. The summed E-state index contributed by atoms with van der Waals surface area (Å²) in [6.45, 7) is 8.65. The van der Waals surface area contributed by atoms with Gasteiger partial charge in [-0.3, -0.25) is 4.79 Å². The van der Waals surface area contributed by atoms with Crippen LogP contribution in [-0.4, -0.2) is 45.4 Å². The van der Waals surface area contributed by atoms with Gasteiger partial charge in [0.2, 0.25) is 0 Å². The Labute approximate surface area is 252 Å². The maximum atomic E-state index is 13.8. The summed E-state index contributed by atoms with van der Waals surface area (Å²) in [7, 11) is 0. The Morgan fingerprint density at radius 2 is 1.56 bits per heavy atom. The molecular weight excluding hydrogens is 543 g/mol. The molecule has 5 rings (SSSR count). The summed E-state index contributed by atoms with van der Waals surface area (Å²) in [5.41, 5.74) is 5.96. The average molecular weight is 581 g/mol. The van der Waals surface area contributed by atoms with E-state index in [1.807, 2.05) is 82.4 Å². The molecular formula is C35H37FN4O3. The highest BCUT2D eigenvalue weighted by Gasteiger charge is 2.26. The van der Waals surface area contributed by atoms with E-state index in [1.165, 1.54) is 17.7 Å². The van der Waals surface area contributed by atoms with Gasteiger partial charge in [0.15, 0.2) is 0 Å². The van der Waals surface area contributed by atoms with Crippen LogP contribution in [0.2, 0.25) is 0 Å². The second kappa shape index (κ2) is 12.7. The second-order valence-corrected chi connectivity index (χ2v) is 11.8. The molecule has 222 valence electrons. The zero-order valence-electron chi connectivity index (χ0n) is 25.0. The fourth-order valence-corrected chi connectivity index (χ4v) is 5.24. The van der Waals surface area contributed by atoms with E-state index in [4.69, 9.17) is 4.74 Å². The summed E-state index contributed by atoms with van der Waals surface area (Å²) in [6, 6.07) is 23.6. The highest BCUT2D eigenvalue weighted by molar-refractivity contribution is 5.95. The summed E-state index contributed by atoms with van der Waals surface area (Å²) >= 11 is 0. The minimum absolute atomic E-state index is 0.170. The van der Waals surface area contributed by atoms with Crippen LogP contribution < -0.4 is 5.32 Å². The fourth-order valence-electron chi connectivity index (χ4n) is 5.24. The van der Waals surface area contributed by atoms with E-state index in [0.29, 0.717) is 31.5 Å². The molecule has 0 unspecified atom stereocenters. The number of nitrogens with zero attached hydrogens (tertiary/aromatic N) is 3. The summed E-state index contributed by atoms with van der Waals surface area (Å²) in [4.78, 5) is 27.4. The molecule has 0 saturated carbocycles. The molecule has 1 atom stereocenters. The van der Waals surface area contributed by atoms with Gasteiger partial charge in [0, 0.05) is 31.0 Å². The molecule has 1 saturated heterocycles. The Balaban J connectivity index is 1.33. The minimum atomic E-state index is -0.546. The van der Waals surface area contributed by atoms with Gasteiger partial charge in [-0.15, -0.1) is 0 Å². The number of carbonyl (C=O) groups is 2. The monoisotopic (exact) mass is 580 g/mol. The molecule has 1 aliphatic heterocycles.